The maximum Gasteiger partial charge on any atom is 0.271 e. The summed E-state index contributed by atoms with van der Waals surface area (Å²) in [5.74, 6) is 0. The van der Waals surface area contributed by atoms with Gasteiger partial charge in [-0.2, -0.15) is 0 Å². The number of aryl methyl sites for hydroxylation is 1. The number of nitrogens with zero attached hydrogens (tertiary/aromatic N) is 1. The van der Waals surface area contributed by atoms with Crippen LogP contribution in [0.15, 0.2) is 29.1 Å². The molecule has 1 heterocycles. The van der Waals surface area contributed by atoms with Gasteiger partial charge in [0.05, 0.1) is 10.7 Å². The zero-order chi connectivity index (χ0) is 12.4. The van der Waals surface area contributed by atoms with Gasteiger partial charge in [-0.3, -0.25) is 9.89 Å². The molecular weight excluding hydrogens is 259 g/mol. The normalized spacial score (nSPS) is 10.8. The molecule has 0 radical (unpaired) electrons. The molecule has 2 aromatic rings. The summed E-state index contributed by atoms with van der Waals surface area (Å²) < 4.78 is 1.42. The monoisotopic (exact) mass is 270 g/mol. The minimum atomic E-state index is -0.127. The second-order valence-corrected chi connectivity index (χ2v) is 4.64. The molecule has 0 unspecified atom stereocenters. The summed E-state index contributed by atoms with van der Waals surface area (Å²) in [6, 6.07) is 6.61. The molecule has 0 fully saturated rings. The molecule has 3 nitrogen and oxygen atoms in total. The van der Waals surface area contributed by atoms with E-state index in [1.807, 2.05) is 0 Å². The third-order valence-corrected chi connectivity index (χ3v) is 3.00. The Balaban J connectivity index is 2.52. The summed E-state index contributed by atoms with van der Waals surface area (Å²) in [5.41, 5.74) is 1.35. The Labute approximate surface area is 109 Å². The SMILES string of the molecule is CCCc1cc(=O)n(-c2cc(Cl)ccc2Cl)[nH]1. The molecule has 5 heteroatoms. The highest BCUT2D eigenvalue weighted by molar-refractivity contribution is 6.34. The maximum absolute atomic E-state index is 11.8. The Morgan fingerprint density at radius 2 is 2.06 bits per heavy atom. The quantitative estimate of drug-likeness (QED) is 0.912. The Morgan fingerprint density at radius 1 is 1.29 bits per heavy atom. The number of halogens is 2. The van der Waals surface area contributed by atoms with Crippen LogP contribution in [0.5, 0.6) is 0 Å². The summed E-state index contributed by atoms with van der Waals surface area (Å²) in [5, 5.41) is 4.06. The molecule has 0 saturated carbocycles. The van der Waals surface area contributed by atoms with Crippen molar-refractivity contribution in [3.8, 4) is 5.69 Å². The number of H-pyrrole nitrogens is 1. The summed E-state index contributed by atoms with van der Waals surface area (Å²) in [7, 11) is 0. The average molecular weight is 271 g/mol. The van der Waals surface area contributed by atoms with Gasteiger partial charge in [-0.25, -0.2) is 4.68 Å². The molecule has 1 N–H and O–H groups in total. The first-order valence-corrected chi connectivity index (χ1v) is 6.13. The molecule has 2 rings (SSSR count). The maximum atomic E-state index is 11.8. The summed E-state index contributed by atoms with van der Waals surface area (Å²) in [4.78, 5) is 11.8. The minimum Gasteiger partial charge on any atom is -0.295 e. The standard InChI is InChI=1S/C12H12Cl2N2O/c1-2-3-9-7-12(17)16(15-9)11-6-8(13)4-5-10(11)14/h4-7,15H,2-3H2,1H3. The van der Waals surface area contributed by atoms with Gasteiger partial charge in [-0.1, -0.05) is 36.5 Å². The van der Waals surface area contributed by atoms with Crippen molar-refractivity contribution in [3.05, 3.63) is 50.4 Å². The fourth-order valence-corrected chi connectivity index (χ4v) is 2.05. The minimum absolute atomic E-state index is 0.127. The van der Waals surface area contributed by atoms with E-state index in [1.165, 1.54) is 4.68 Å². The Kier molecular flexibility index (Phi) is 3.60. The lowest BCUT2D eigenvalue weighted by molar-refractivity contribution is 0.794. The summed E-state index contributed by atoms with van der Waals surface area (Å²) >= 11 is 11.9. The van der Waals surface area contributed by atoms with Crippen LogP contribution in [-0.4, -0.2) is 9.78 Å². The number of hydrogen-bond donors (Lipinski definition) is 1. The molecule has 0 aliphatic heterocycles. The number of aromatic amines is 1. The van der Waals surface area contributed by atoms with E-state index in [4.69, 9.17) is 23.2 Å². The van der Waals surface area contributed by atoms with Crippen molar-refractivity contribution in [1.82, 2.24) is 9.78 Å². The van der Waals surface area contributed by atoms with Crippen molar-refractivity contribution in [1.29, 1.82) is 0 Å². The van der Waals surface area contributed by atoms with Gasteiger partial charge >= 0.3 is 0 Å². The third kappa shape index (κ3) is 2.56. The second-order valence-electron chi connectivity index (χ2n) is 3.80. The van der Waals surface area contributed by atoms with Gasteiger partial charge in [0.1, 0.15) is 0 Å². The van der Waals surface area contributed by atoms with Crippen LogP contribution < -0.4 is 5.56 Å². The highest BCUT2D eigenvalue weighted by atomic mass is 35.5. The predicted octanol–water partition coefficient (Wildman–Crippen LogP) is 3.42. The lowest BCUT2D eigenvalue weighted by atomic mass is 10.3. The Bertz CT molecular complexity index is 586. The van der Waals surface area contributed by atoms with E-state index >= 15 is 0 Å². The van der Waals surface area contributed by atoms with Gasteiger partial charge < -0.3 is 0 Å². The van der Waals surface area contributed by atoms with Gasteiger partial charge in [-0.15, -0.1) is 0 Å². The van der Waals surface area contributed by atoms with Crippen molar-refractivity contribution in [2.45, 2.75) is 19.8 Å². The van der Waals surface area contributed by atoms with Crippen LogP contribution in [-0.2, 0) is 6.42 Å². The van der Waals surface area contributed by atoms with Crippen molar-refractivity contribution >= 4 is 23.2 Å². The molecule has 1 aromatic carbocycles. The van der Waals surface area contributed by atoms with E-state index in [9.17, 15) is 4.79 Å². The lowest BCUT2D eigenvalue weighted by Gasteiger charge is -2.05. The number of aromatic nitrogens is 2. The largest absolute Gasteiger partial charge is 0.295 e. The fraction of sp³-hybridized carbons (Fsp3) is 0.250. The van der Waals surface area contributed by atoms with E-state index < -0.39 is 0 Å². The van der Waals surface area contributed by atoms with Crippen LogP contribution in [0.4, 0.5) is 0 Å². The molecule has 0 amide bonds. The van der Waals surface area contributed by atoms with E-state index in [-0.39, 0.29) is 5.56 Å². The first-order chi connectivity index (χ1) is 8.11. The lowest BCUT2D eigenvalue weighted by Crippen LogP contribution is -2.13. The van der Waals surface area contributed by atoms with Crippen LogP contribution in [0.25, 0.3) is 5.69 Å². The fourth-order valence-electron chi connectivity index (χ4n) is 1.68. The van der Waals surface area contributed by atoms with Gasteiger partial charge in [0, 0.05) is 16.8 Å². The van der Waals surface area contributed by atoms with Crippen molar-refractivity contribution in [2.75, 3.05) is 0 Å². The molecule has 0 bridgehead atoms. The highest BCUT2D eigenvalue weighted by Crippen LogP contribution is 2.22. The van der Waals surface area contributed by atoms with Crippen LogP contribution >= 0.6 is 23.2 Å². The highest BCUT2D eigenvalue weighted by Gasteiger charge is 2.08. The first kappa shape index (κ1) is 12.3. The van der Waals surface area contributed by atoms with Crippen molar-refractivity contribution < 1.29 is 0 Å². The first-order valence-electron chi connectivity index (χ1n) is 5.38. The van der Waals surface area contributed by atoms with Crippen molar-refractivity contribution in [2.24, 2.45) is 0 Å². The Hall–Kier alpha value is -1.19. The molecule has 1 aromatic heterocycles. The van der Waals surface area contributed by atoms with E-state index in [1.54, 1.807) is 24.3 Å². The topological polar surface area (TPSA) is 37.8 Å². The second kappa shape index (κ2) is 4.98. The van der Waals surface area contributed by atoms with Gasteiger partial charge in [-0.05, 0) is 24.6 Å². The summed E-state index contributed by atoms with van der Waals surface area (Å²) in [6.07, 6.45) is 1.81. The molecule has 0 aliphatic rings. The van der Waals surface area contributed by atoms with Crippen LogP contribution in [0.3, 0.4) is 0 Å². The molecule has 17 heavy (non-hydrogen) atoms. The molecule has 0 spiro atoms. The van der Waals surface area contributed by atoms with Crippen LogP contribution in [0.1, 0.15) is 19.0 Å². The number of rotatable bonds is 3. The molecule has 0 atom stereocenters. The molecule has 90 valence electrons. The average Bonchev–Trinajstić information content (AvgIpc) is 2.64. The Morgan fingerprint density at radius 3 is 2.76 bits per heavy atom. The summed E-state index contributed by atoms with van der Waals surface area (Å²) in [6.45, 7) is 2.06. The van der Waals surface area contributed by atoms with E-state index in [0.717, 1.165) is 18.5 Å². The van der Waals surface area contributed by atoms with Crippen molar-refractivity contribution in [3.63, 3.8) is 0 Å². The van der Waals surface area contributed by atoms with E-state index in [2.05, 4.69) is 12.0 Å². The van der Waals surface area contributed by atoms with Gasteiger partial charge in [0.2, 0.25) is 0 Å². The molecule has 0 aliphatic carbocycles. The van der Waals surface area contributed by atoms with E-state index in [0.29, 0.717) is 15.7 Å². The smallest absolute Gasteiger partial charge is 0.271 e. The van der Waals surface area contributed by atoms with Crippen LogP contribution in [0, 0.1) is 0 Å². The molecular formula is C12H12Cl2N2O. The predicted molar refractivity (Wildman–Crippen MR) is 70.4 cm³/mol. The van der Waals surface area contributed by atoms with Gasteiger partial charge in [0.25, 0.3) is 5.56 Å². The van der Waals surface area contributed by atoms with Crippen LogP contribution in [0.2, 0.25) is 10.0 Å². The zero-order valence-electron chi connectivity index (χ0n) is 9.34. The number of nitrogens with one attached hydrogen (secondary N) is 1. The third-order valence-electron chi connectivity index (χ3n) is 2.44. The zero-order valence-corrected chi connectivity index (χ0v) is 10.8. The number of hydrogen-bond acceptors (Lipinski definition) is 1. The van der Waals surface area contributed by atoms with Gasteiger partial charge in [0.15, 0.2) is 0 Å². The number of benzene rings is 1. The molecule has 0 saturated heterocycles.